The molecule has 9 heteroatoms. The minimum atomic E-state index is -3.55. The highest BCUT2D eigenvalue weighted by Gasteiger charge is 2.36. The Hall–Kier alpha value is -2.23. The molecule has 162 valence electrons. The first kappa shape index (κ1) is 21.0. The van der Waals surface area contributed by atoms with Crippen molar-refractivity contribution in [1.82, 2.24) is 13.8 Å². The molecule has 2 aliphatic rings. The molecule has 0 N–H and O–H groups in total. The van der Waals surface area contributed by atoms with Gasteiger partial charge in [-0.05, 0) is 49.7 Å². The molecule has 0 unspecified atom stereocenters. The van der Waals surface area contributed by atoms with Gasteiger partial charge in [-0.2, -0.15) is 4.31 Å². The van der Waals surface area contributed by atoms with Gasteiger partial charge in [-0.1, -0.05) is 0 Å². The number of sulfonamides is 1. The molecule has 1 aromatic carbocycles. The second kappa shape index (κ2) is 8.49. The monoisotopic (exact) mass is 434 g/mol. The Kier molecular flexibility index (Phi) is 5.95. The number of ketones is 1. The average molecular weight is 435 g/mol. The van der Waals surface area contributed by atoms with E-state index in [0.29, 0.717) is 12.2 Å². The number of nitrogens with zero attached hydrogens (tertiary/aromatic N) is 4. The fraction of sp³-hybridized carbons (Fsp3) is 0.476. The number of unbranched alkanes of at least 4 members (excludes halogenated alkanes) is 1. The lowest BCUT2D eigenvalue weighted by Gasteiger charge is -2.36. The number of benzene rings is 1. The maximum Gasteiger partial charge on any atom is 0.245 e. The van der Waals surface area contributed by atoms with Crippen molar-refractivity contribution < 1.29 is 17.6 Å². The molecule has 4 rings (SSSR count). The number of Topliss-reactive ketones (excluding diaryl/α,β-unsaturated/α-hetero) is 1. The first-order valence-corrected chi connectivity index (χ1v) is 11.7. The number of carbonyl (C=O) groups is 1. The van der Waals surface area contributed by atoms with Gasteiger partial charge >= 0.3 is 0 Å². The summed E-state index contributed by atoms with van der Waals surface area (Å²) in [5.41, 5.74) is 1.37. The third-order valence-corrected chi connectivity index (χ3v) is 7.77. The lowest BCUT2D eigenvalue weighted by molar-refractivity contribution is 0.0953. The fourth-order valence-electron chi connectivity index (χ4n) is 4.17. The second-order valence-corrected chi connectivity index (χ2v) is 9.93. The van der Waals surface area contributed by atoms with E-state index >= 15 is 0 Å². The van der Waals surface area contributed by atoms with Crippen LogP contribution in [0, 0.1) is 5.82 Å². The molecule has 2 aromatic rings. The Morgan fingerprint density at radius 1 is 0.967 bits per heavy atom. The van der Waals surface area contributed by atoms with Crippen LogP contribution in [0.1, 0.15) is 23.3 Å². The number of aryl methyl sites for hydroxylation is 1. The molecule has 0 spiro atoms. The van der Waals surface area contributed by atoms with Crippen molar-refractivity contribution in [3.63, 3.8) is 0 Å². The summed E-state index contributed by atoms with van der Waals surface area (Å²) in [7, 11) is -2.12. The molecule has 2 aliphatic heterocycles. The molecule has 1 fully saturated rings. The quantitative estimate of drug-likeness (QED) is 0.651. The summed E-state index contributed by atoms with van der Waals surface area (Å²) in [6.07, 6.45) is 3.56. The number of hydrogen-bond acceptors (Lipinski definition) is 5. The molecule has 0 bridgehead atoms. The zero-order valence-corrected chi connectivity index (χ0v) is 17.9. The molecule has 7 nitrogen and oxygen atoms in total. The van der Waals surface area contributed by atoms with Gasteiger partial charge in [0.25, 0.3) is 0 Å². The smallest absolute Gasteiger partial charge is 0.245 e. The molecule has 1 aromatic heterocycles. The van der Waals surface area contributed by atoms with E-state index in [1.54, 1.807) is 10.8 Å². The molecule has 0 radical (unpaired) electrons. The summed E-state index contributed by atoms with van der Waals surface area (Å²) in [6.45, 7) is 5.25. The van der Waals surface area contributed by atoms with Crippen LogP contribution in [0.3, 0.4) is 0 Å². The van der Waals surface area contributed by atoms with Crippen molar-refractivity contribution in [2.24, 2.45) is 0 Å². The van der Waals surface area contributed by atoms with Crippen molar-refractivity contribution in [2.45, 2.75) is 24.3 Å². The lowest BCUT2D eigenvalue weighted by atomic mass is 10.2. The van der Waals surface area contributed by atoms with Crippen molar-refractivity contribution in [1.29, 1.82) is 0 Å². The molecule has 0 amide bonds. The van der Waals surface area contributed by atoms with E-state index in [1.807, 2.05) is 12.1 Å². The standard InChI is InChI=1S/C21H27FN4O3S/c1-23-16-19(27)21-20(30(23,28)29)8-11-26(21)10-3-2-9-24-12-14-25(15-13-24)18-6-4-17(22)5-7-18/h4-8,11H,2-3,9-10,12-16H2,1H3. The van der Waals surface area contributed by atoms with E-state index in [1.165, 1.54) is 25.2 Å². The number of fused-ring (bicyclic) bond motifs is 1. The highest BCUT2D eigenvalue weighted by molar-refractivity contribution is 7.89. The van der Waals surface area contributed by atoms with E-state index in [9.17, 15) is 17.6 Å². The maximum absolute atomic E-state index is 13.1. The van der Waals surface area contributed by atoms with E-state index < -0.39 is 10.0 Å². The largest absolute Gasteiger partial charge is 0.369 e. The van der Waals surface area contributed by atoms with Crippen LogP contribution in [-0.2, 0) is 16.6 Å². The zero-order valence-electron chi connectivity index (χ0n) is 17.1. The van der Waals surface area contributed by atoms with Crippen LogP contribution in [0.15, 0.2) is 41.4 Å². The minimum absolute atomic E-state index is 0.0995. The number of carbonyl (C=O) groups excluding carboxylic acids is 1. The van der Waals surface area contributed by atoms with Gasteiger partial charge in [0.2, 0.25) is 10.0 Å². The Morgan fingerprint density at radius 3 is 2.33 bits per heavy atom. The van der Waals surface area contributed by atoms with Crippen LogP contribution in [0.25, 0.3) is 0 Å². The molecule has 0 saturated carbocycles. The Bertz CT molecular complexity index is 1010. The third-order valence-electron chi connectivity index (χ3n) is 5.93. The summed E-state index contributed by atoms with van der Waals surface area (Å²) in [5, 5.41) is 0. The van der Waals surface area contributed by atoms with Crippen molar-refractivity contribution in [3.05, 3.63) is 48.0 Å². The summed E-state index contributed by atoms with van der Waals surface area (Å²) < 4.78 is 40.7. The van der Waals surface area contributed by atoms with E-state index in [-0.39, 0.29) is 23.0 Å². The Labute approximate surface area is 176 Å². The van der Waals surface area contributed by atoms with Crippen LogP contribution in [0.2, 0.25) is 0 Å². The molecule has 30 heavy (non-hydrogen) atoms. The normalized spacial score (nSPS) is 19.8. The predicted molar refractivity (Wildman–Crippen MR) is 113 cm³/mol. The molecule has 1 saturated heterocycles. The highest BCUT2D eigenvalue weighted by Crippen LogP contribution is 2.26. The number of rotatable bonds is 6. The van der Waals surface area contributed by atoms with Crippen LogP contribution in [0.5, 0.6) is 0 Å². The van der Waals surface area contributed by atoms with Gasteiger partial charge in [-0.3, -0.25) is 9.69 Å². The summed E-state index contributed by atoms with van der Waals surface area (Å²) in [4.78, 5) is 17.2. The predicted octanol–water partition coefficient (Wildman–Crippen LogP) is 2.05. The van der Waals surface area contributed by atoms with Crippen LogP contribution in [0.4, 0.5) is 10.1 Å². The van der Waals surface area contributed by atoms with Gasteiger partial charge in [0.15, 0.2) is 5.78 Å². The van der Waals surface area contributed by atoms with E-state index in [0.717, 1.165) is 55.6 Å². The Morgan fingerprint density at radius 2 is 1.63 bits per heavy atom. The SMILES string of the molecule is CN1CC(=O)c2c(ccn2CCCCN2CCN(c3ccc(F)cc3)CC2)S1(=O)=O. The number of piperazine rings is 1. The first-order valence-electron chi connectivity index (χ1n) is 10.3. The number of halogens is 1. The van der Waals surface area contributed by atoms with Gasteiger partial charge in [0.1, 0.15) is 16.4 Å². The van der Waals surface area contributed by atoms with Gasteiger partial charge in [-0.25, -0.2) is 12.8 Å². The number of likely N-dealkylation sites (N-methyl/N-ethyl adjacent to an activating group) is 1. The summed E-state index contributed by atoms with van der Waals surface area (Å²) >= 11 is 0. The second-order valence-electron chi connectivity index (χ2n) is 7.92. The maximum atomic E-state index is 13.1. The van der Waals surface area contributed by atoms with Crippen molar-refractivity contribution in [2.75, 3.05) is 51.2 Å². The van der Waals surface area contributed by atoms with Crippen LogP contribution >= 0.6 is 0 Å². The molecule has 3 heterocycles. The molecule has 0 atom stereocenters. The minimum Gasteiger partial charge on any atom is -0.369 e. The Balaban J connectivity index is 1.25. The number of anilines is 1. The average Bonchev–Trinajstić information content (AvgIpc) is 3.17. The third kappa shape index (κ3) is 4.14. The van der Waals surface area contributed by atoms with Crippen LogP contribution in [-0.4, -0.2) is 74.3 Å². The molecular formula is C21H27FN4O3S. The van der Waals surface area contributed by atoms with Crippen LogP contribution < -0.4 is 4.90 Å². The van der Waals surface area contributed by atoms with Crippen molar-refractivity contribution in [3.8, 4) is 0 Å². The first-order chi connectivity index (χ1) is 14.4. The molecule has 0 aliphatic carbocycles. The topological polar surface area (TPSA) is 65.9 Å². The number of hydrogen-bond donors (Lipinski definition) is 0. The lowest BCUT2D eigenvalue weighted by Crippen LogP contribution is -2.46. The fourth-order valence-corrected chi connectivity index (χ4v) is 5.51. The van der Waals surface area contributed by atoms with Gasteiger partial charge < -0.3 is 9.47 Å². The van der Waals surface area contributed by atoms with Gasteiger partial charge in [0, 0.05) is 51.7 Å². The van der Waals surface area contributed by atoms with Gasteiger partial charge in [-0.15, -0.1) is 0 Å². The zero-order chi connectivity index (χ0) is 21.3. The summed E-state index contributed by atoms with van der Waals surface area (Å²) in [5.74, 6) is -0.364. The van der Waals surface area contributed by atoms with E-state index in [4.69, 9.17) is 0 Å². The van der Waals surface area contributed by atoms with E-state index in [2.05, 4.69) is 9.80 Å². The summed E-state index contributed by atoms with van der Waals surface area (Å²) in [6, 6.07) is 8.17. The molecular weight excluding hydrogens is 407 g/mol. The number of aromatic nitrogens is 1. The highest BCUT2D eigenvalue weighted by atomic mass is 32.2. The van der Waals surface area contributed by atoms with Gasteiger partial charge in [0.05, 0.1) is 6.54 Å². The van der Waals surface area contributed by atoms with Crippen molar-refractivity contribution >= 4 is 21.5 Å².